The van der Waals surface area contributed by atoms with Crippen molar-refractivity contribution in [1.82, 2.24) is 0 Å². The van der Waals surface area contributed by atoms with Crippen LogP contribution >= 0.6 is 0 Å². The van der Waals surface area contributed by atoms with Crippen molar-refractivity contribution in [2.24, 2.45) is 5.92 Å². The Morgan fingerprint density at radius 3 is 1.52 bits per heavy atom. The molecule has 31 heavy (non-hydrogen) atoms. The topological polar surface area (TPSA) is 9.23 Å². The van der Waals surface area contributed by atoms with Crippen LogP contribution in [-0.2, 0) is 17.1 Å². The van der Waals surface area contributed by atoms with Crippen molar-refractivity contribution in [2.45, 2.75) is 101 Å². The summed E-state index contributed by atoms with van der Waals surface area (Å²) in [5.41, 5.74) is -3.25. The summed E-state index contributed by atoms with van der Waals surface area (Å²) in [7, 11) is 1.55. The Morgan fingerprint density at radius 1 is 0.742 bits per heavy atom. The van der Waals surface area contributed by atoms with Gasteiger partial charge in [-0.15, -0.1) is 0 Å². The first-order valence-corrected chi connectivity index (χ1v) is 11.4. The van der Waals surface area contributed by atoms with Gasteiger partial charge in [-0.25, -0.2) is 0 Å². The van der Waals surface area contributed by atoms with E-state index in [4.69, 9.17) is 4.74 Å². The monoisotopic (exact) mass is 450 g/mol. The lowest BCUT2D eigenvalue weighted by Crippen LogP contribution is -2.26. The molecule has 176 valence electrons. The Balaban J connectivity index is 2.02. The zero-order valence-corrected chi connectivity index (χ0v) is 18.2. The maximum atomic E-state index is 14.1. The standard InChI is InChI=1S/C24H32F6O/c1-3-4-15-5-7-16(8-6-15)19-13-14-20(17-9-11-18(31-2)12-10-17)22(24(28,29)30)21(19)23(25,26)27/h13-18H,3-12H2,1-2H3. The summed E-state index contributed by atoms with van der Waals surface area (Å²) in [5.74, 6) is -0.532. The molecule has 0 aromatic heterocycles. The highest BCUT2D eigenvalue weighted by molar-refractivity contribution is 5.48. The summed E-state index contributed by atoms with van der Waals surface area (Å²) >= 11 is 0. The third-order valence-corrected chi connectivity index (χ3v) is 7.27. The molecule has 2 aliphatic carbocycles. The van der Waals surface area contributed by atoms with Crippen molar-refractivity contribution in [1.29, 1.82) is 0 Å². The van der Waals surface area contributed by atoms with Gasteiger partial charge in [0.1, 0.15) is 0 Å². The van der Waals surface area contributed by atoms with E-state index in [1.165, 1.54) is 12.1 Å². The summed E-state index contributed by atoms with van der Waals surface area (Å²) in [4.78, 5) is 0. The number of alkyl halides is 6. The second-order valence-electron chi connectivity index (χ2n) is 9.21. The number of rotatable bonds is 5. The van der Waals surface area contributed by atoms with Gasteiger partial charge in [0.2, 0.25) is 0 Å². The average Bonchev–Trinajstić information content (AvgIpc) is 2.72. The molecule has 0 heterocycles. The molecule has 0 amide bonds. The van der Waals surface area contributed by atoms with Crippen molar-refractivity contribution >= 4 is 0 Å². The molecule has 1 nitrogen and oxygen atoms in total. The van der Waals surface area contributed by atoms with Gasteiger partial charge in [0.25, 0.3) is 0 Å². The number of benzene rings is 1. The highest BCUT2D eigenvalue weighted by Gasteiger charge is 2.48. The molecule has 2 fully saturated rings. The largest absolute Gasteiger partial charge is 0.417 e. The maximum absolute atomic E-state index is 14.1. The molecule has 3 rings (SSSR count). The van der Waals surface area contributed by atoms with Gasteiger partial charge in [0.15, 0.2) is 0 Å². The van der Waals surface area contributed by atoms with Gasteiger partial charge in [-0.3, -0.25) is 0 Å². The van der Waals surface area contributed by atoms with Crippen LogP contribution in [0.5, 0.6) is 0 Å². The van der Waals surface area contributed by atoms with E-state index in [1.54, 1.807) is 7.11 Å². The van der Waals surface area contributed by atoms with Crippen LogP contribution < -0.4 is 0 Å². The van der Waals surface area contributed by atoms with Crippen LogP contribution in [0.2, 0.25) is 0 Å². The SMILES string of the molecule is CCCC1CCC(c2ccc(C3CCC(OC)CC3)c(C(F)(F)F)c2C(F)(F)F)CC1. The minimum Gasteiger partial charge on any atom is -0.381 e. The van der Waals surface area contributed by atoms with E-state index >= 15 is 0 Å². The van der Waals surface area contributed by atoms with E-state index < -0.39 is 35.3 Å². The molecule has 2 saturated carbocycles. The summed E-state index contributed by atoms with van der Waals surface area (Å²) in [6.07, 6.45) is -3.57. The summed E-state index contributed by atoms with van der Waals surface area (Å²) < 4.78 is 90.0. The molecule has 0 bridgehead atoms. The van der Waals surface area contributed by atoms with Gasteiger partial charge >= 0.3 is 12.4 Å². The fourth-order valence-electron chi connectivity index (χ4n) is 5.71. The Hall–Kier alpha value is -1.24. The highest BCUT2D eigenvalue weighted by Crippen LogP contribution is 2.51. The molecule has 1 aromatic rings. The van der Waals surface area contributed by atoms with Crippen molar-refractivity contribution in [3.63, 3.8) is 0 Å². The van der Waals surface area contributed by atoms with Gasteiger partial charge in [0.05, 0.1) is 17.2 Å². The predicted molar refractivity (Wildman–Crippen MR) is 108 cm³/mol. The number of hydrogen-bond donors (Lipinski definition) is 0. The van der Waals surface area contributed by atoms with Crippen LogP contribution in [-0.4, -0.2) is 13.2 Å². The first-order chi connectivity index (χ1) is 14.6. The normalized spacial score (nSPS) is 28.0. The molecule has 0 N–H and O–H groups in total. The first kappa shape index (κ1) is 24.4. The van der Waals surface area contributed by atoms with Crippen LogP contribution in [0.4, 0.5) is 26.3 Å². The zero-order chi connectivity index (χ0) is 22.8. The van der Waals surface area contributed by atoms with Crippen LogP contribution in [0, 0.1) is 5.92 Å². The number of methoxy groups -OCH3 is 1. The smallest absolute Gasteiger partial charge is 0.381 e. The van der Waals surface area contributed by atoms with Crippen LogP contribution in [0.15, 0.2) is 12.1 Å². The molecule has 0 spiro atoms. The molecule has 0 aliphatic heterocycles. The van der Waals surface area contributed by atoms with Crippen molar-refractivity contribution in [3.05, 3.63) is 34.4 Å². The van der Waals surface area contributed by atoms with E-state index in [1.807, 2.05) is 0 Å². The Kier molecular flexibility index (Phi) is 7.65. The molecule has 2 aliphatic rings. The summed E-state index contributed by atoms with van der Waals surface area (Å²) in [6.45, 7) is 2.07. The van der Waals surface area contributed by atoms with Crippen LogP contribution in [0.1, 0.15) is 105 Å². The summed E-state index contributed by atoms with van der Waals surface area (Å²) in [6, 6.07) is 2.68. The number of hydrogen-bond acceptors (Lipinski definition) is 1. The third-order valence-electron chi connectivity index (χ3n) is 7.27. The van der Waals surface area contributed by atoms with Gasteiger partial charge in [0, 0.05) is 7.11 Å². The van der Waals surface area contributed by atoms with Crippen molar-refractivity contribution < 1.29 is 31.1 Å². The number of halogens is 6. The Labute approximate surface area is 180 Å². The second-order valence-corrected chi connectivity index (χ2v) is 9.21. The Bertz CT molecular complexity index is 723. The minimum atomic E-state index is -5.05. The lowest BCUT2D eigenvalue weighted by atomic mass is 9.73. The van der Waals surface area contributed by atoms with Crippen molar-refractivity contribution in [3.8, 4) is 0 Å². The molecule has 0 unspecified atom stereocenters. The lowest BCUT2D eigenvalue weighted by Gasteiger charge is -2.34. The van der Waals surface area contributed by atoms with Gasteiger partial charge < -0.3 is 4.74 Å². The van der Waals surface area contributed by atoms with Gasteiger partial charge in [-0.2, -0.15) is 26.3 Å². The molecule has 7 heteroatoms. The fraction of sp³-hybridized carbons (Fsp3) is 0.750. The molecule has 0 radical (unpaired) electrons. The van der Waals surface area contributed by atoms with E-state index in [2.05, 4.69) is 6.92 Å². The Morgan fingerprint density at radius 2 is 1.16 bits per heavy atom. The minimum absolute atomic E-state index is 0.0368. The molecule has 1 aromatic carbocycles. The fourth-order valence-corrected chi connectivity index (χ4v) is 5.71. The summed E-state index contributed by atoms with van der Waals surface area (Å²) in [5, 5.41) is 0. The van der Waals surface area contributed by atoms with E-state index in [9.17, 15) is 26.3 Å². The van der Waals surface area contributed by atoms with E-state index in [-0.39, 0.29) is 17.2 Å². The van der Waals surface area contributed by atoms with Crippen LogP contribution in [0.25, 0.3) is 0 Å². The van der Waals surface area contributed by atoms with Crippen LogP contribution in [0.3, 0.4) is 0 Å². The quantitative estimate of drug-likeness (QED) is 0.409. The van der Waals surface area contributed by atoms with E-state index in [0.29, 0.717) is 44.4 Å². The van der Waals surface area contributed by atoms with E-state index in [0.717, 1.165) is 25.7 Å². The predicted octanol–water partition coefficient (Wildman–Crippen LogP) is 8.47. The third kappa shape index (κ3) is 5.58. The first-order valence-electron chi connectivity index (χ1n) is 11.4. The maximum Gasteiger partial charge on any atom is 0.417 e. The zero-order valence-electron chi connectivity index (χ0n) is 18.2. The number of ether oxygens (including phenoxy) is 1. The molecular formula is C24H32F6O. The molecule has 0 atom stereocenters. The highest BCUT2D eigenvalue weighted by atomic mass is 19.4. The lowest BCUT2D eigenvalue weighted by molar-refractivity contribution is -0.163. The molecular weight excluding hydrogens is 418 g/mol. The van der Waals surface area contributed by atoms with Gasteiger partial charge in [-0.05, 0) is 80.2 Å². The van der Waals surface area contributed by atoms with Crippen molar-refractivity contribution in [2.75, 3.05) is 7.11 Å². The van der Waals surface area contributed by atoms with Gasteiger partial charge in [-0.1, -0.05) is 31.9 Å². The average molecular weight is 451 g/mol. The second kappa shape index (κ2) is 9.72. The molecule has 0 saturated heterocycles.